The Balaban J connectivity index is 1.64. The summed E-state index contributed by atoms with van der Waals surface area (Å²) in [6.45, 7) is 2.07. The summed E-state index contributed by atoms with van der Waals surface area (Å²) in [6.07, 6.45) is 9.10. The van der Waals surface area contributed by atoms with Crippen molar-refractivity contribution in [1.29, 1.82) is 0 Å². The smallest absolute Gasteiger partial charge is 0.186 e. The Kier molecular flexibility index (Phi) is 4.95. The Morgan fingerprint density at radius 1 is 1.26 bits per heavy atom. The molecule has 1 saturated heterocycles. The standard InChI is InChI=1S/C19H24FNO2/c1-13(14-9-5-4-6-10-14)22-19-18(23-19)17(21(2)3)15-11-7-8-12-16(15)20/h4-9,11-14,17-19H,10H2,1-3H3. The minimum absolute atomic E-state index is 0.0784. The minimum atomic E-state index is -0.267. The summed E-state index contributed by atoms with van der Waals surface area (Å²) in [6, 6.07) is 6.73. The zero-order valence-corrected chi connectivity index (χ0v) is 13.9. The number of halogens is 1. The van der Waals surface area contributed by atoms with Crippen LogP contribution in [0.1, 0.15) is 24.9 Å². The second-order valence-corrected chi connectivity index (χ2v) is 6.45. The maximum atomic E-state index is 14.1. The fourth-order valence-corrected chi connectivity index (χ4v) is 3.17. The molecule has 1 fully saturated rings. The third-order valence-corrected chi connectivity index (χ3v) is 4.54. The van der Waals surface area contributed by atoms with Crippen LogP contribution >= 0.6 is 0 Å². The molecule has 0 N–H and O–H groups in total. The summed E-state index contributed by atoms with van der Waals surface area (Å²) in [4.78, 5) is 1.99. The van der Waals surface area contributed by atoms with Crippen LogP contribution in [0, 0.1) is 11.7 Å². The normalized spacial score (nSPS) is 28.8. The first-order valence-electron chi connectivity index (χ1n) is 8.13. The zero-order chi connectivity index (χ0) is 16.4. The van der Waals surface area contributed by atoms with Crippen molar-refractivity contribution in [3.8, 4) is 0 Å². The van der Waals surface area contributed by atoms with Gasteiger partial charge in [-0.15, -0.1) is 0 Å². The van der Waals surface area contributed by atoms with E-state index in [0.29, 0.717) is 11.5 Å². The van der Waals surface area contributed by atoms with E-state index in [1.165, 1.54) is 6.07 Å². The molecule has 1 heterocycles. The first-order valence-corrected chi connectivity index (χ1v) is 8.13. The van der Waals surface area contributed by atoms with E-state index in [9.17, 15) is 4.39 Å². The van der Waals surface area contributed by atoms with Crippen molar-refractivity contribution in [2.45, 2.75) is 37.9 Å². The van der Waals surface area contributed by atoms with Gasteiger partial charge in [0.05, 0.1) is 12.1 Å². The van der Waals surface area contributed by atoms with Crippen LogP contribution in [0.25, 0.3) is 0 Å². The molecule has 3 rings (SSSR count). The van der Waals surface area contributed by atoms with Gasteiger partial charge >= 0.3 is 0 Å². The maximum Gasteiger partial charge on any atom is 0.186 e. The van der Waals surface area contributed by atoms with E-state index < -0.39 is 0 Å². The molecule has 0 spiro atoms. The monoisotopic (exact) mass is 317 g/mol. The average Bonchev–Trinajstić information content (AvgIpc) is 3.28. The van der Waals surface area contributed by atoms with Crippen LogP contribution in [0.15, 0.2) is 48.6 Å². The van der Waals surface area contributed by atoms with Crippen molar-refractivity contribution >= 4 is 0 Å². The van der Waals surface area contributed by atoms with E-state index in [-0.39, 0.29) is 30.4 Å². The summed E-state index contributed by atoms with van der Waals surface area (Å²) in [5.74, 6) is 0.171. The lowest BCUT2D eigenvalue weighted by atomic mass is 9.96. The van der Waals surface area contributed by atoms with Gasteiger partial charge in [-0.2, -0.15) is 0 Å². The second kappa shape index (κ2) is 6.95. The SMILES string of the molecule is CC(OC1OC1C(c1ccccc1F)N(C)C)C1C=CC=CC1. The molecule has 0 bridgehead atoms. The number of benzene rings is 1. The quantitative estimate of drug-likeness (QED) is 0.748. The van der Waals surface area contributed by atoms with Crippen molar-refractivity contribution in [3.05, 3.63) is 60.0 Å². The van der Waals surface area contributed by atoms with E-state index in [2.05, 4.69) is 31.2 Å². The van der Waals surface area contributed by atoms with Crippen LogP contribution in [0.5, 0.6) is 0 Å². The van der Waals surface area contributed by atoms with E-state index in [1.54, 1.807) is 6.07 Å². The van der Waals surface area contributed by atoms with Crippen molar-refractivity contribution in [2.24, 2.45) is 5.92 Å². The van der Waals surface area contributed by atoms with Crippen LogP contribution in [-0.2, 0) is 9.47 Å². The highest BCUT2D eigenvalue weighted by molar-refractivity contribution is 5.24. The number of rotatable bonds is 6. The van der Waals surface area contributed by atoms with Gasteiger partial charge in [0.2, 0.25) is 0 Å². The molecule has 0 aromatic heterocycles. The van der Waals surface area contributed by atoms with E-state index in [4.69, 9.17) is 9.47 Å². The summed E-state index contributed by atoms with van der Waals surface area (Å²) < 4.78 is 25.9. The van der Waals surface area contributed by atoms with Crippen molar-refractivity contribution in [2.75, 3.05) is 14.1 Å². The summed E-state index contributed by atoms with van der Waals surface area (Å²) in [7, 11) is 3.88. The Morgan fingerprint density at radius 2 is 2.04 bits per heavy atom. The number of allylic oxidation sites excluding steroid dienone is 3. The van der Waals surface area contributed by atoms with Crippen molar-refractivity contribution in [1.82, 2.24) is 4.90 Å². The van der Waals surface area contributed by atoms with Crippen LogP contribution in [-0.4, -0.2) is 37.5 Å². The Bertz CT molecular complexity index is 599. The molecule has 2 aliphatic rings. The highest BCUT2D eigenvalue weighted by atomic mass is 19.1. The molecule has 4 heteroatoms. The van der Waals surface area contributed by atoms with Crippen LogP contribution < -0.4 is 0 Å². The molecule has 1 aromatic carbocycles. The lowest BCUT2D eigenvalue weighted by Gasteiger charge is -2.24. The highest BCUT2D eigenvalue weighted by Crippen LogP contribution is 2.40. The molecule has 1 aliphatic carbocycles. The number of epoxide rings is 1. The zero-order valence-electron chi connectivity index (χ0n) is 13.9. The molecule has 0 saturated carbocycles. The van der Waals surface area contributed by atoms with Gasteiger partial charge in [0.1, 0.15) is 11.9 Å². The summed E-state index contributed by atoms with van der Waals surface area (Å²) in [5, 5.41) is 0. The van der Waals surface area contributed by atoms with Gasteiger partial charge in [-0.1, -0.05) is 42.5 Å². The fraction of sp³-hybridized carbons (Fsp3) is 0.474. The first-order chi connectivity index (χ1) is 11.1. The Morgan fingerprint density at radius 3 is 2.70 bits per heavy atom. The summed E-state index contributed by atoms with van der Waals surface area (Å²) >= 11 is 0. The second-order valence-electron chi connectivity index (χ2n) is 6.45. The van der Waals surface area contributed by atoms with Crippen LogP contribution in [0.3, 0.4) is 0 Å². The minimum Gasteiger partial charge on any atom is -0.346 e. The van der Waals surface area contributed by atoms with Gasteiger partial charge in [-0.05, 0) is 33.5 Å². The summed E-state index contributed by atoms with van der Waals surface area (Å²) in [5.41, 5.74) is 0.654. The van der Waals surface area contributed by atoms with E-state index in [1.807, 2.05) is 31.1 Å². The topological polar surface area (TPSA) is 25.0 Å². The lowest BCUT2D eigenvalue weighted by molar-refractivity contribution is -0.0213. The van der Waals surface area contributed by atoms with Gasteiger partial charge in [0.15, 0.2) is 6.29 Å². The molecule has 0 radical (unpaired) electrons. The molecule has 124 valence electrons. The van der Waals surface area contributed by atoms with Crippen molar-refractivity contribution in [3.63, 3.8) is 0 Å². The van der Waals surface area contributed by atoms with Gasteiger partial charge in [0, 0.05) is 11.5 Å². The molecule has 3 nitrogen and oxygen atoms in total. The molecule has 1 aromatic rings. The molecule has 5 atom stereocenters. The molecular weight excluding hydrogens is 293 g/mol. The molecule has 23 heavy (non-hydrogen) atoms. The third-order valence-electron chi connectivity index (χ3n) is 4.54. The Hall–Kier alpha value is -1.49. The number of hydrogen-bond donors (Lipinski definition) is 0. The number of ether oxygens (including phenoxy) is 2. The predicted octanol–water partition coefficient (Wildman–Crippen LogP) is 3.69. The molecule has 0 amide bonds. The fourth-order valence-electron chi connectivity index (χ4n) is 3.17. The lowest BCUT2D eigenvalue weighted by Crippen LogP contribution is -2.29. The van der Waals surface area contributed by atoms with E-state index >= 15 is 0 Å². The first kappa shape index (κ1) is 16.4. The number of hydrogen-bond acceptors (Lipinski definition) is 3. The van der Waals surface area contributed by atoms with Crippen LogP contribution in [0.4, 0.5) is 4.39 Å². The highest BCUT2D eigenvalue weighted by Gasteiger charge is 2.49. The van der Waals surface area contributed by atoms with E-state index in [0.717, 1.165) is 6.42 Å². The number of nitrogens with zero attached hydrogens (tertiary/aromatic N) is 1. The molecule has 5 unspecified atom stereocenters. The maximum absolute atomic E-state index is 14.1. The van der Waals surface area contributed by atoms with Crippen molar-refractivity contribution < 1.29 is 13.9 Å². The van der Waals surface area contributed by atoms with Gasteiger partial charge in [0.25, 0.3) is 0 Å². The van der Waals surface area contributed by atoms with Gasteiger partial charge < -0.3 is 9.47 Å². The molecule has 1 aliphatic heterocycles. The number of likely N-dealkylation sites (N-methyl/N-ethyl adjacent to an activating group) is 1. The molecular formula is C19H24FNO2. The Labute approximate surface area is 137 Å². The van der Waals surface area contributed by atoms with Gasteiger partial charge in [-0.25, -0.2) is 4.39 Å². The predicted molar refractivity (Wildman–Crippen MR) is 88.4 cm³/mol. The average molecular weight is 317 g/mol. The van der Waals surface area contributed by atoms with Gasteiger partial charge in [-0.3, -0.25) is 4.90 Å². The van der Waals surface area contributed by atoms with Crippen LogP contribution in [0.2, 0.25) is 0 Å². The third kappa shape index (κ3) is 3.71. The largest absolute Gasteiger partial charge is 0.346 e.